The second-order valence-electron chi connectivity index (χ2n) is 4.91. The molecule has 0 saturated heterocycles. The van der Waals surface area contributed by atoms with Gasteiger partial charge in [-0.1, -0.05) is 12.1 Å². The summed E-state index contributed by atoms with van der Waals surface area (Å²) >= 11 is 2.10. The highest BCUT2D eigenvalue weighted by atomic mass is 127. The lowest BCUT2D eigenvalue weighted by molar-refractivity contribution is -0.137. The largest absolute Gasteiger partial charge is 0.418 e. The van der Waals surface area contributed by atoms with Crippen LogP contribution in [0.4, 0.5) is 24.5 Å². The maximum absolute atomic E-state index is 12.9. The third kappa shape index (κ3) is 4.47. The van der Waals surface area contributed by atoms with Crippen molar-refractivity contribution >= 4 is 45.8 Å². The fourth-order valence-corrected chi connectivity index (χ4v) is 2.61. The molecule has 0 fully saturated rings. The monoisotopic (exact) mass is 448 g/mol. The average Bonchev–Trinajstić information content (AvgIpc) is 2.49. The summed E-state index contributed by atoms with van der Waals surface area (Å²) in [6.45, 7) is 1.74. The number of carbonyl (C=O) groups is 2. The molecule has 0 heterocycles. The van der Waals surface area contributed by atoms with Crippen LogP contribution < -0.4 is 10.6 Å². The number of carbonyl (C=O) groups excluding carboxylic acids is 2. The normalized spacial score (nSPS) is 11.0. The van der Waals surface area contributed by atoms with Crippen LogP contribution in [0, 0.1) is 10.5 Å². The van der Waals surface area contributed by atoms with Crippen molar-refractivity contribution in [3.05, 3.63) is 57.2 Å². The van der Waals surface area contributed by atoms with E-state index in [1.54, 1.807) is 25.1 Å². The lowest BCUT2D eigenvalue weighted by Crippen LogP contribution is -2.30. The molecule has 0 aromatic heterocycles. The quantitative estimate of drug-likeness (QED) is 0.535. The number of anilines is 2. The molecular formula is C16H12F3IN2O2. The van der Waals surface area contributed by atoms with Gasteiger partial charge in [-0.3, -0.25) is 9.59 Å². The first kappa shape index (κ1) is 18.2. The van der Waals surface area contributed by atoms with Crippen molar-refractivity contribution in [3.63, 3.8) is 0 Å². The maximum atomic E-state index is 12.9. The van der Waals surface area contributed by atoms with E-state index in [0.717, 1.165) is 21.3 Å². The molecule has 0 aliphatic carbocycles. The number of para-hydroxylation sites is 1. The molecule has 0 aliphatic heterocycles. The summed E-state index contributed by atoms with van der Waals surface area (Å²) in [6.07, 6.45) is -4.63. The summed E-state index contributed by atoms with van der Waals surface area (Å²) in [5.74, 6) is -2.22. The van der Waals surface area contributed by atoms with Gasteiger partial charge in [0.05, 0.1) is 11.3 Å². The Morgan fingerprint density at radius 3 is 2.12 bits per heavy atom. The number of hydrogen-bond acceptors (Lipinski definition) is 2. The van der Waals surface area contributed by atoms with Gasteiger partial charge in [0, 0.05) is 9.26 Å². The minimum atomic E-state index is -4.63. The standard InChI is InChI=1S/C16H12F3IN2O2/c1-9-8-10(20)6-7-12(9)21-14(23)15(24)22-13-5-3-2-4-11(13)16(17,18)19/h2-8H,1H3,(H,21,23)(H,22,24). The van der Waals surface area contributed by atoms with Crippen molar-refractivity contribution in [3.8, 4) is 0 Å². The highest BCUT2D eigenvalue weighted by molar-refractivity contribution is 14.1. The minimum Gasteiger partial charge on any atom is -0.318 e. The van der Waals surface area contributed by atoms with Crippen molar-refractivity contribution < 1.29 is 22.8 Å². The Morgan fingerprint density at radius 1 is 0.958 bits per heavy atom. The van der Waals surface area contributed by atoms with E-state index in [1.165, 1.54) is 12.1 Å². The predicted molar refractivity (Wildman–Crippen MR) is 92.6 cm³/mol. The molecule has 0 spiro atoms. The molecule has 0 atom stereocenters. The zero-order chi connectivity index (χ0) is 17.9. The van der Waals surface area contributed by atoms with E-state index in [-0.39, 0.29) is 0 Å². The number of benzene rings is 2. The van der Waals surface area contributed by atoms with Gasteiger partial charge in [-0.25, -0.2) is 0 Å². The Hall–Kier alpha value is -2.10. The molecule has 8 heteroatoms. The fourth-order valence-electron chi connectivity index (χ4n) is 1.96. The number of rotatable bonds is 2. The van der Waals surface area contributed by atoms with E-state index in [9.17, 15) is 22.8 Å². The molecule has 2 rings (SSSR count). The molecule has 0 radical (unpaired) electrons. The smallest absolute Gasteiger partial charge is 0.318 e. The number of amides is 2. The molecule has 0 bridgehead atoms. The zero-order valence-electron chi connectivity index (χ0n) is 12.4. The highest BCUT2D eigenvalue weighted by Crippen LogP contribution is 2.34. The minimum absolute atomic E-state index is 0.416. The van der Waals surface area contributed by atoms with Gasteiger partial charge in [0.1, 0.15) is 0 Å². The van der Waals surface area contributed by atoms with Gasteiger partial charge in [0.2, 0.25) is 0 Å². The summed E-state index contributed by atoms with van der Waals surface area (Å²) in [6, 6.07) is 9.61. The van der Waals surface area contributed by atoms with Crippen LogP contribution in [-0.4, -0.2) is 11.8 Å². The Balaban J connectivity index is 2.14. The fraction of sp³-hybridized carbons (Fsp3) is 0.125. The third-order valence-corrected chi connectivity index (χ3v) is 3.79. The summed E-state index contributed by atoms with van der Waals surface area (Å²) in [7, 11) is 0. The van der Waals surface area contributed by atoms with E-state index >= 15 is 0 Å². The zero-order valence-corrected chi connectivity index (χ0v) is 14.5. The van der Waals surface area contributed by atoms with Crippen molar-refractivity contribution in [2.75, 3.05) is 10.6 Å². The van der Waals surface area contributed by atoms with Gasteiger partial charge in [-0.15, -0.1) is 0 Å². The van der Waals surface area contributed by atoms with E-state index in [2.05, 4.69) is 27.9 Å². The first-order chi connectivity index (χ1) is 11.2. The number of alkyl halides is 3. The number of hydrogen-bond donors (Lipinski definition) is 2. The molecule has 2 N–H and O–H groups in total. The van der Waals surface area contributed by atoms with Crippen molar-refractivity contribution in [1.82, 2.24) is 0 Å². The molecule has 2 aromatic rings. The van der Waals surface area contributed by atoms with Crippen LogP contribution in [0.3, 0.4) is 0 Å². The molecule has 0 unspecified atom stereocenters. The molecule has 126 valence electrons. The van der Waals surface area contributed by atoms with Crippen molar-refractivity contribution in [2.45, 2.75) is 13.1 Å². The van der Waals surface area contributed by atoms with Crippen LogP contribution >= 0.6 is 22.6 Å². The van der Waals surface area contributed by atoms with E-state index in [0.29, 0.717) is 5.69 Å². The Kier molecular flexibility index (Phi) is 5.47. The van der Waals surface area contributed by atoms with E-state index in [4.69, 9.17) is 0 Å². The lowest BCUT2D eigenvalue weighted by Gasteiger charge is -2.13. The third-order valence-electron chi connectivity index (χ3n) is 3.12. The molecule has 0 aliphatic rings. The molecule has 24 heavy (non-hydrogen) atoms. The van der Waals surface area contributed by atoms with Crippen molar-refractivity contribution in [1.29, 1.82) is 0 Å². The number of aryl methyl sites for hydroxylation is 1. The van der Waals surface area contributed by atoms with Crippen LogP contribution in [0.15, 0.2) is 42.5 Å². The van der Waals surface area contributed by atoms with Gasteiger partial charge in [-0.05, 0) is 65.4 Å². The lowest BCUT2D eigenvalue weighted by atomic mass is 10.1. The first-order valence-corrected chi connectivity index (χ1v) is 7.81. The summed E-state index contributed by atoms with van der Waals surface area (Å²) in [4.78, 5) is 23.8. The van der Waals surface area contributed by atoms with Gasteiger partial charge >= 0.3 is 18.0 Å². The first-order valence-electron chi connectivity index (χ1n) is 6.73. The highest BCUT2D eigenvalue weighted by Gasteiger charge is 2.34. The van der Waals surface area contributed by atoms with Gasteiger partial charge < -0.3 is 10.6 Å². The maximum Gasteiger partial charge on any atom is 0.418 e. The van der Waals surface area contributed by atoms with Gasteiger partial charge in [-0.2, -0.15) is 13.2 Å². The summed E-state index contributed by atoms with van der Waals surface area (Å²) in [5, 5.41) is 4.38. The topological polar surface area (TPSA) is 58.2 Å². The average molecular weight is 448 g/mol. The molecular weight excluding hydrogens is 436 g/mol. The van der Waals surface area contributed by atoms with Crippen LogP contribution in [-0.2, 0) is 15.8 Å². The molecule has 4 nitrogen and oxygen atoms in total. The Labute approximate surface area is 149 Å². The Bertz CT molecular complexity index is 791. The second kappa shape index (κ2) is 7.20. The van der Waals surface area contributed by atoms with Crippen LogP contribution in [0.5, 0.6) is 0 Å². The van der Waals surface area contributed by atoms with E-state index < -0.39 is 29.2 Å². The molecule has 0 saturated carbocycles. The number of halogens is 4. The van der Waals surface area contributed by atoms with Gasteiger partial charge in [0.25, 0.3) is 0 Å². The van der Waals surface area contributed by atoms with Gasteiger partial charge in [0.15, 0.2) is 0 Å². The summed E-state index contributed by atoms with van der Waals surface area (Å²) in [5.41, 5.74) is -0.334. The van der Waals surface area contributed by atoms with E-state index in [1.807, 2.05) is 5.32 Å². The number of nitrogens with one attached hydrogen (secondary N) is 2. The predicted octanol–water partition coefficient (Wildman–Crippen LogP) is 4.20. The summed E-state index contributed by atoms with van der Waals surface area (Å²) < 4.78 is 39.6. The molecule has 2 amide bonds. The van der Waals surface area contributed by atoms with Crippen LogP contribution in [0.2, 0.25) is 0 Å². The van der Waals surface area contributed by atoms with Crippen molar-refractivity contribution in [2.24, 2.45) is 0 Å². The van der Waals surface area contributed by atoms with Crippen LogP contribution in [0.25, 0.3) is 0 Å². The Morgan fingerprint density at radius 2 is 1.54 bits per heavy atom. The SMILES string of the molecule is Cc1cc(I)ccc1NC(=O)C(=O)Nc1ccccc1C(F)(F)F. The molecule has 2 aromatic carbocycles. The van der Waals surface area contributed by atoms with Crippen LogP contribution in [0.1, 0.15) is 11.1 Å². The second-order valence-corrected chi connectivity index (χ2v) is 6.16.